The zero-order valence-corrected chi connectivity index (χ0v) is 16.1. The summed E-state index contributed by atoms with van der Waals surface area (Å²) in [6, 6.07) is 7.81. The van der Waals surface area contributed by atoms with E-state index in [-0.39, 0.29) is 11.8 Å². The van der Waals surface area contributed by atoms with Crippen molar-refractivity contribution in [2.45, 2.75) is 31.4 Å². The number of H-pyrrole nitrogens is 2. The second-order valence-corrected chi connectivity index (χ2v) is 7.31. The molecule has 1 fully saturated rings. The average Bonchev–Trinajstić information content (AvgIpc) is 3.12. The van der Waals surface area contributed by atoms with Crippen molar-refractivity contribution >= 4 is 28.6 Å². The van der Waals surface area contributed by atoms with Gasteiger partial charge in [-0.05, 0) is 24.6 Å². The second kappa shape index (κ2) is 6.84. The van der Waals surface area contributed by atoms with E-state index in [0.29, 0.717) is 24.0 Å². The number of aromatic amines is 2. The minimum atomic E-state index is -0.775. The molecular weight excluding hydrogens is 371 g/mol. The number of nitrogens with zero attached hydrogens (tertiary/aromatic N) is 4. The van der Waals surface area contributed by atoms with Crippen molar-refractivity contribution in [3.8, 4) is 0 Å². The molecule has 4 N–H and O–H groups in total. The van der Waals surface area contributed by atoms with Crippen LogP contribution in [0.5, 0.6) is 0 Å². The lowest BCUT2D eigenvalue weighted by atomic mass is 9.98. The first kappa shape index (κ1) is 17.6. The fourth-order valence-electron chi connectivity index (χ4n) is 3.48. The normalized spacial score (nSPS) is 19.3. The molecule has 0 aliphatic heterocycles. The van der Waals surface area contributed by atoms with E-state index < -0.39 is 6.17 Å². The number of aromatic nitrogens is 6. The SMILES string of the molecule is CNc1ncc([C@@H](C)c2ccc3[nH]ccc3n2)c(Nc2cc([C@@H]3C[C@H]3F)[nH]n2)n1. The topological polar surface area (TPSA) is 107 Å². The van der Waals surface area contributed by atoms with Gasteiger partial charge in [-0.3, -0.25) is 10.1 Å². The Hall–Kier alpha value is -3.49. The first-order valence-electron chi connectivity index (χ1n) is 9.57. The molecule has 4 aromatic rings. The molecule has 3 atom stereocenters. The molecule has 5 rings (SSSR count). The molecule has 4 aromatic heterocycles. The number of hydrogen-bond acceptors (Lipinski definition) is 6. The summed E-state index contributed by atoms with van der Waals surface area (Å²) in [6.07, 6.45) is 3.44. The predicted octanol–water partition coefficient (Wildman–Crippen LogP) is 3.84. The van der Waals surface area contributed by atoms with Crippen LogP contribution >= 0.6 is 0 Å². The van der Waals surface area contributed by atoms with E-state index in [1.54, 1.807) is 13.2 Å². The van der Waals surface area contributed by atoms with Gasteiger partial charge in [0.05, 0.1) is 11.0 Å². The Kier molecular flexibility index (Phi) is 4.15. The summed E-state index contributed by atoms with van der Waals surface area (Å²) in [6.45, 7) is 2.07. The maximum absolute atomic E-state index is 13.3. The second-order valence-electron chi connectivity index (χ2n) is 7.31. The Balaban J connectivity index is 1.48. The Bertz CT molecular complexity index is 1170. The minimum Gasteiger partial charge on any atom is -0.360 e. The average molecular weight is 392 g/mol. The number of halogens is 1. The fourth-order valence-corrected chi connectivity index (χ4v) is 3.48. The van der Waals surface area contributed by atoms with Crippen LogP contribution in [0.4, 0.5) is 22.0 Å². The summed E-state index contributed by atoms with van der Waals surface area (Å²) in [5.41, 5.74) is 4.53. The van der Waals surface area contributed by atoms with Crippen LogP contribution in [0.3, 0.4) is 0 Å². The quantitative estimate of drug-likeness (QED) is 0.397. The van der Waals surface area contributed by atoms with Gasteiger partial charge in [-0.15, -0.1) is 0 Å². The lowest BCUT2D eigenvalue weighted by Crippen LogP contribution is -2.08. The summed E-state index contributed by atoms with van der Waals surface area (Å²) in [7, 11) is 1.77. The van der Waals surface area contributed by atoms with Gasteiger partial charge in [0.1, 0.15) is 12.0 Å². The van der Waals surface area contributed by atoms with Gasteiger partial charge in [-0.1, -0.05) is 6.92 Å². The van der Waals surface area contributed by atoms with E-state index in [4.69, 9.17) is 4.98 Å². The lowest BCUT2D eigenvalue weighted by molar-refractivity contribution is 0.466. The van der Waals surface area contributed by atoms with Crippen LogP contribution < -0.4 is 10.6 Å². The standard InChI is InChI=1S/C20H21FN8/c1-10(14-3-4-15-16(25-14)5-6-23-15)12-9-24-20(22-2)27-19(12)26-18-8-17(28-29-18)11-7-13(11)21/h3-6,8-11,13,23H,7H2,1-2H3,(H3,22,24,26,27,28,29)/t10-,11-,13-/m1/s1. The molecule has 0 amide bonds. The van der Waals surface area contributed by atoms with E-state index in [1.165, 1.54) is 0 Å². The third-order valence-electron chi connectivity index (χ3n) is 5.33. The smallest absolute Gasteiger partial charge is 0.224 e. The summed E-state index contributed by atoms with van der Waals surface area (Å²) in [5.74, 6) is 1.62. The summed E-state index contributed by atoms with van der Waals surface area (Å²) >= 11 is 0. The lowest BCUT2D eigenvalue weighted by Gasteiger charge is -2.16. The van der Waals surface area contributed by atoms with Crippen molar-refractivity contribution < 1.29 is 4.39 Å². The highest BCUT2D eigenvalue weighted by atomic mass is 19.1. The van der Waals surface area contributed by atoms with Crippen LogP contribution in [-0.2, 0) is 0 Å². The van der Waals surface area contributed by atoms with Crippen LogP contribution in [0.2, 0.25) is 0 Å². The first-order valence-corrected chi connectivity index (χ1v) is 9.57. The molecular formula is C20H21FN8. The molecule has 1 saturated carbocycles. The Morgan fingerprint density at radius 2 is 2.10 bits per heavy atom. The molecule has 0 aromatic carbocycles. The molecule has 0 bridgehead atoms. The molecule has 29 heavy (non-hydrogen) atoms. The van der Waals surface area contributed by atoms with Gasteiger partial charge in [0.25, 0.3) is 0 Å². The fraction of sp³-hybridized carbons (Fsp3) is 0.300. The zero-order valence-electron chi connectivity index (χ0n) is 16.1. The first-order chi connectivity index (χ1) is 14.1. The van der Waals surface area contributed by atoms with Gasteiger partial charge in [0, 0.05) is 54.3 Å². The van der Waals surface area contributed by atoms with Gasteiger partial charge in [0.2, 0.25) is 5.95 Å². The number of hydrogen-bond donors (Lipinski definition) is 4. The number of alkyl halides is 1. The molecule has 1 aliphatic rings. The van der Waals surface area contributed by atoms with Gasteiger partial charge in [-0.2, -0.15) is 10.1 Å². The van der Waals surface area contributed by atoms with Gasteiger partial charge in [-0.25, -0.2) is 9.37 Å². The molecule has 9 heteroatoms. The number of rotatable bonds is 6. The van der Waals surface area contributed by atoms with Crippen LogP contribution in [0.15, 0.2) is 36.7 Å². The molecule has 0 radical (unpaired) electrons. The van der Waals surface area contributed by atoms with E-state index in [9.17, 15) is 4.39 Å². The summed E-state index contributed by atoms with van der Waals surface area (Å²) in [5, 5.41) is 13.4. The highest BCUT2D eigenvalue weighted by Crippen LogP contribution is 2.43. The third-order valence-corrected chi connectivity index (χ3v) is 5.33. The van der Waals surface area contributed by atoms with Crippen molar-refractivity contribution in [2.75, 3.05) is 17.7 Å². The van der Waals surface area contributed by atoms with Crippen molar-refractivity contribution in [2.24, 2.45) is 0 Å². The molecule has 4 heterocycles. The molecule has 148 valence electrons. The maximum atomic E-state index is 13.3. The Morgan fingerprint density at radius 3 is 2.90 bits per heavy atom. The monoisotopic (exact) mass is 392 g/mol. The maximum Gasteiger partial charge on any atom is 0.224 e. The third kappa shape index (κ3) is 3.28. The molecule has 0 saturated heterocycles. The highest BCUT2D eigenvalue weighted by molar-refractivity contribution is 5.75. The largest absolute Gasteiger partial charge is 0.360 e. The Morgan fingerprint density at radius 1 is 1.24 bits per heavy atom. The van der Waals surface area contributed by atoms with E-state index in [2.05, 4.69) is 42.7 Å². The molecule has 0 spiro atoms. The number of anilines is 3. The van der Waals surface area contributed by atoms with Crippen LogP contribution in [0.25, 0.3) is 11.0 Å². The number of fused-ring (bicyclic) bond motifs is 1. The van der Waals surface area contributed by atoms with E-state index in [0.717, 1.165) is 28.0 Å². The van der Waals surface area contributed by atoms with Crippen molar-refractivity contribution in [3.05, 3.63) is 53.6 Å². The summed E-state index contributed by atoms with van der Waals surface area (Å²) in [4.78, 5) is 16.9. The van der Waals surface area contributed by atoms with Gasteiger partial charge < -0.3 is 15.6 Å². The highest BCUT2D eigenvalue weighted by Gasteiger charge is 2.40. The van der Waals surface area contributed by atoms with Crippen molar-refractivity contribution in [1.29, 1.82) is 0 Å². The summed E-state index contributed by atoms with van der Waals surface area (Å²) < 4.78 is 13.3. The molecule has 8 nitrogen and oxygen atoms in total. The number of pyridine rings is 1. The van der Waals surface area contributed by atoms with Crippen molar-refractivity contribution in [3.63, 3.8) is 0 Å². The Labute approximate surface area is 166 Å². The van der Waals surface area contributed by atoms with Crippen LogP contribution in [0, 0.1) is 0 Å². The zero-order chi connectivity index (χ0) is 20.0. The minimum absolute atomic E-state index is 0.0419. The van der Waals surface area contributed by atoms with Gasteiger partial charge in [0.15, 0.2) is 5.82 Å². The van der Waals surface area contributed by atoms with Crippen LogP contribution in [0.1, 0.15) is 42.1 Å². The van der Waals surface area contributed by atoms with E-state index >= 15 is 0 Å². The van der Waals surface area contributed by atoms with E-state index in [1.807, 2.05) is 30.5 Å². The molecule has 1 aliphatic carbocycles. The predicted molar refractivity (Wildman–Crippen MR) is 109 cm³/mol. The van der Waals surface area contributed by atoms with Crippen molar-refractivity contribution in [1.82, 2.24) is 30.1 Å². The number of nitrogens with one attached hydrogen (secondary N) is 4. The van der Waals surface area contributed by atoms with Gasteiger partial charge >= 0.3 is 0 Å². The molecule has 0 unspecified atom stereocenters. The van der Waals surface area contributed by atoms with Crippen LogP contribution in [-0.4, -0.2) is 43.4 Å².